The van der Waals surface area contributed by atoms with E-state index in [1.54, 1.807) is 0 Å². The second-order valence-corrected chi connectivity index (χ2v) is 4.45. The lowest BCUT2D eigenvalue weighted by molar-refractivity contribution is -0.176. The molecule has 0 aromatic heterocycles. The number of ketones is 1. The quantitative estimate of drug-likeness (QED) is 0.655. The second kappa shape index (κ2) is 4.22. The lowest BCUT2D eigenvalue weighted by Crippen LogP contribution is -2.26. The fourth-order valence-electron chi connectivity index (χ4n) is 2.83. The Hall–Kier alpha value is -0.410. The molecule has 2 saturated carbocycles. The number of Topliss-reactive ketones (excluding diaryl/α,β-unsaturated/α-hetero) is 1. The van der Waals surface area contributed by atoms with Crippen LogP contribution in [0.4, 0.5) is 0 Å². The van der Waals surface area contributed by atoms with Gasteiger partial charge in [0.2, 0.25) is 0 Å². The minimum Gasteiger partial charge on any atom is -0.350 e. The summed E-state index contributed by atoms with van der Waals surface area (Å²) in [5, 5.41) is 0. The maximum atomic E-state index is 11.6. The molecule has 86 valence electrons. The average molecular weight is 212 g/mol. The highest BCUT2D eigenvalue weighted by molar-refractivity contribution is 5.83. The van der Waals surface area contributed by atoms with E-state index in [0.717, 1.165) is 25.7 Å². The van der Waals surface area contributed by atoms with Gasteiger partial charge in [-0.2, -0.15) is 0 Å². The Morgan fingerprint density at radius 2 is 2.00 bits per heavy atom. The first-order chi connectivity index (χ1) is 7.23. The van der Waals surface area contributed by atoms with Crippen LogP contribution in [0.15, 0.2) is 0 Å². The van der Waals surface area contributed by atoms with Gasteiger partial charge in [0.15, 0.2) is 5.79 Å². The average Bonchev–Trinajstić information content (AvgIpc) is 2.70. The van der Waals surface area contributed by atoms with Crippen LogP contribution < -0.4 is 0 Å². The molecule has 0 heterocycles. The van der Waals surface area contributed by atoms with Crippen molar-refractivity contribution in [2.24, 2.45) is 11.8 Å². The summed E-state index contributed by atoms with van der Waals surface area (Å²) in [5.74, 6) is 0.547. The predicted molar refractivity (Wildman–Crippen MR) is 56.4 cm³/mol. The summed E-state index contributed by atoms with van der Waals surface area (Å²) in [6.45, 7) is 5.29. The van der Waals surface area contributed by atoms with E-state index in [1.165, 1.54) is 0 Å². The van der Waals surface area contributed by atoms with Gasteiger partial charge in [-0.05, 0) is 26.7 Å². The molecular formula is C12H20O3. The summed E-state index contributed by atoms with van der Waals surface area (Å²) in [6.07, 6.45) is 3.75. The molecule has 2 atom stereocenters. The molecule has 0 bridgehead atoms. The lowest BCUT2D eigenvalue weighted by Gasteiger charge is -2.19. The van der Waals surface area contributed by atoms with E-state index in [1.807, 2.05) is 13.8 Å². The predicted octanol–water partition coefficient (Wildman–Crippen LogP) is 2.14. The van der Waals surface area contributed by atoms with Crippen molar-refractivity contribution in [3.63, 3.8) is 0 Å². The van der Waals surface area contributed by atoms with Crippen molar-refractivity contribution in [2.75, 3.05) is 13.2 Å². The van der Waals surface area contributed by atoms with E-state index in [-0.39, 0.29) is 5.92 Å². The molecule has 2 fully saturated rings. The molecule has 0 aliphatic heterocycles. The Kier molecular flexibility index (Phi) is 3.12. The van der Waals surface area contributed by atoms with Crippen molar-refractivity contribution in [3.05, 3.63) is 0 Å². The van der Waals surface area contributed by atoms with Gasteiger partial charge >= 0.3 is 0 Å². The zero-order valence-corrected chi connectivity index (χ0v) is 9.62. The SMILES string of the molecule is CCOC1(OCC)CC1C1CCCC1=O. The van der Waals surface area contributed by atoms with Crippen LogP contribution in [-0.2, 0) is 14.3 Å². The molecule has 3 nitrogen and oxygen atoms in total. The standard InChI is InChI=1S/C12H20O3/c1-3-14-12(15-4-2)8-10(12)9-6-5-7-11(9)13/h9-10H,3-8H2,1-2H3. The van der Waals surface area contributed by atoms with Crippen LogP contribution in [0.5, 0.6) is 0 Å². The molecule has 0 radical (unpaired) electrons. The monoisotopic (exact) mass is 212 g/mol. The molecule has 0 N–H and O–H groups in total. The number of hydrogen-bond donors (Lipinski definition) is 0. The van der Waals surface area contributed by atoms with Gasteiger partial charge in [-0.15, -0.1) is 0 Å². The Morgan fingerprint density at radius 1 is 1.33 bits per heavy atom. The van der Waals surface area contributed by atoms with Gasteiger partial charge in [0.05, 0.1) is 0 Å². The third-order valence-corrected chi connectivity index (χ3v) is 3.52. The Bertz CT molecular complexity index is 243. The van der Waals surface area contributed by atoms with Crippen molar-refractivity contribution in [3.8, 4) is 0 Å². The molecule has 3 heteroatoms. The zero-order chi connectivity index (χ0) is 10.9. The molecule has 0 amide bonds. The molecular weight excluding hydrogens is 192 g/mol. The molecule has 2 aliphatic rings. The Balaban J connectivity index is 1.97. The van der Waals surface area contributed by atoms with Crippen molar-refractivity contribution in [2.45, 2.75) is 45.3 Å². The maximum Gasteiger partial charge on any atom is 0.172 e. The van der Waals surface area contributed by atoms with Crippen molar-refractivity contribution in [1.82, 2.24) is 0 Å². The second-order valence-electron chi connectivity index (χ2n) is 4.45. The van der Waals surface area contributed by atoms with Crippen molar-refractivity contribution in [1.29, 1.82) is 0 Å². The highest BCUT2D eigenvalue weighted by atomic mass is 16.7. The van der Waals surface area contributed by atoms with Gasteiger partial charge in [-0.25, -0.2) is 0 Å². The lowest BCUT2D eigenvalue weighted by atomic mass is 10.0. The third kappa shape index (κ3) is 1.95. The number of hydrogen-bond acceptors (Lipinski definition) is 3. The number of carbonyl (C=O) groups is 1. The van der Waals surface area contributed by atoms with Crippen molar-refractivity contribution < 1.29 is 14.3 Å². The largest absolute Gasteiger partial charge is 0.350 e. The summed E-state index contributed by atoms with van der Waals surface area (Å²) >= 11 is 0. The van der Waals surface area contributed by atoms with Crippen LogP contribution in [0, 0.1) is 11.8 Å². The fraction of sp³-hybridized carbons (Fsp3) is 0.917. The van der Waals surface area contributed by atoms with E-state index in [9.17, 15) is 4.79 Å². The summed E-state index contributed by atoms with van der Waals surface area (Å²) < 4.78 is 11.4. The zero-order valence-electron chi connectivity index (χ0n) is 9.62. The summed E-state index contributed by atoms with van der Waals surface area (Å²) in [4.78, 5) is 11.6. The van der Waals surface area contributed by atoms with Crippen LogP contribution in [0.25, 0.3) is 0 Å². The fourth-order valence-corrected chi connectivity index (χ4v) is 2.83. The van der Waals surface area contributed by atoms with E-state index in [4.69, 9.17) is 9.47 Å². The molecule has 2 unspecified atom stereocenters. The van der Waals surface area contributed by atoms with Crippen LogP contribution in [0.1, 0.15) is 39.5 Å². The molecule has 2 aliphatic carbocycles. The molecule has 0 aromatic rings. The van der Waals surface area contributed by atoms with Gasteiger partial charge < -0.3 is 9.47 Å². The smallest absolute Gasteiger partial charge is 0.172 e. The van der Waals surface area contributed by atoms with E-state index < -0.39 is 5.79 Å². The van der Waals surface area contributed by atoms with Crippen LogP contribution in [-0.4, -0.2) is 24.8 Å². The molecule has 2 rings (SSSR count). The van der Waals surface area contributed by atoms with Gasteiger partial charge in [0, 0.05) is 37.9 Å². The van der Waals surface area contributed by atoms with Gasteiger partial charge in [-0.3, -0.25) is 4.79 Å². The summed E-state index contributed by atoms with van der Waals surface area (Å²) in [7, 11) is 0. The first-order valence-electron chi connectivity index (χ1n) is 6.04. The Morgan fingerprint density at radius 3 is 2.47 bits per heavy atom. The molecule has 0 spiro atoms. The van der Waals surface area contributed by atoms with Crippen LogP contribution in [0.3, 0.4) is 0 Å². The topological polar surface area (TPSA) is 35.5 Å². The Labute approximate surface area is 91.1 Å². The van der Waals surface area contributed by atoms with E-state index >= 15 is 0 Å². The highest BCUT2D eigenvalue weighted by Crippen LogP contribution is 2.55. The number of rotatable bonds is 5. The molecule has 0 saturated heterocycles. The summed E-state index contributed by atoms with van der Waals surface area (Å²) in [6, 6.07) is 0. The van der Waals surface area contributed by atoms with Gasteiger partial charge in [-0.1, -0.05) is 0 Å². The minimum atomic E-state index is -0.409. The van der Waals surface area contributed by atoms with Crippen LogP contribution >= 0.6 is 0 Å². The van der Waals surface area contributed by atoms with Crippen molar-refractivity contribution >= 4 is 5.78 Å². The summed E-state index contributed by atoms with van der Waals surface area (Å²) in [5.41, 5.74) is 0. The van der Waals surface area contributed by atoms with Crippen LogP contribution in [0.2, 0.25) is 0 Å². The normalized spacial score (nSPS) is 33.3. The molecule has 0 aromatic carbocycles. The minimum absolute atomic E-state index is 0.211. The highest BCUT2D eigenvalue weighted by Gasteiger charge is 2.62. The first kappa shape index (κ1) is 11.1. The van der Waals surface area contributed by atoms with E-state index in [2.05, 4.69) is 0 Å². The van der Waals surface area contributed by atoms with Gasteiger partial charge in [0.1, 0.15) is 5.78 Å². The number of carbonyl (C=O) groups excluding carboxylic acids is 1. The van der Waals surface area contributed by atoms with Gasteiger partial charge in [0.25, 0.3) is 0 Å². The maximum absolute atomic E-state index is 11.6. The first-order valence-corrected chi connectivity index (χ1v) is 6.04. The van der Waals surface area contributed by atoms with E-state index in [0.29, 0.717) is 24.9 Å². The molecule has 15 heavy (non-hydrogen) atoms. The third-order valence-electron chi connectivity index (χ3n) is 3.52. The number of ether oxygens (including phenoxy) is 2.